The van der Waals surface area contributed by atoms with Crippen molar-refractivity contribution in [3.05, 3.63) is 99.5 Å². The molecule has 730 valence electrons. The monoisotopic (exact) mass is 2140 g/mol. The minimum absolute atomic E-state index is 0.0537. The summed E-state index contributed by atoms with van der Waals surface area (Å²) in [4.78, 5) is 155. The number of nitrogens with zero attached hydrogens (tertiary/aromatic N) is 19. The molecule has 8 bridgehead atoms. The van der Waals surface area contributed by atoms with Gasteiger partial charge in [-0.25, -0.2) is 61.8 Å². The van der Waals surface area contributed by atoms with Crippen molar-refractivity contribution < 1.29 is 139 Å². The second kappa shape index (κ2) is 36.0. The smallest absolute Gasteiger partial charge is 0.325 e. The van der Waals surface area contributed by atoms with Crippen molar-refractivity contribution in [3.63, 3.8) is 0 Å². The number of fused-ring (bicyclic) bond motifs is 14. The van der Waals surface area contributed by atoms with Crippen molar-refractivity contribution >= 4 is 213 Å². The van der Waals surface area contributed by atoms with E-state index in [0.29, 0.717) is 28.1 Å². The van der Waals surface area contributed by atoms with Crippen LogP contribution in [0.1, 0.15) is 37.4 Å². The molecule has 10 fully saturated rings. The normalized spacial score (nSPS) is 38.4. The number of nitrogens with two attached hydrogens (primary N) is 6. The number of hydrogen-bond acceptors (Lipinski definition) is 47. The first-order valence-corrected chi connectivity index (χ1v) is 55.0. The van der Waals surface area contributed by atoms with E-state index in [4.69, 9.17) is 193 Å². The van der Waals surface area contributed by atoms with E-state index >= 15 is 22.0 Å². The zero-order chi connectivity index (χ0) is 95.8. The number of pyridine rings is 3. The van der Waals surface area contributed by atoms with Gasteiger partial charge in [0, 0.05) is 18.6 Å². The van der Waals surface area contributed by atoms with Gasteiger partial charge < -0.3 is 124 Å². The molecule has 0 aromatic carbocycles. The standard InChI is InChI=1S/C22H24FN9O10P2S2.C21H23F2N9O9P2S2.C20H22F2N10O9P2S2/c23-10-9-3-37-43(34,45)42-15-14-20(31-6-27-11-8(24)1-2-26-16(11)31)40-22(15,4-36-14)5-38-44(35,46)41-13(10)19(39-9)32-7-28-12-17(32)29-21(25)30-18(12)33;22-10-8-3-36-42(34,44)40-14-9(39-19(11(14)23)31-5-27-12-7(24)1-2-26-16(12)31)4-37-43(35,45)41-15(10)20(38-8)32-6-28-13-17(32)29-21(25)30-18(13)33;21-9-7-3-36-42(34,44)40-13-8(39-18(10(13)22)32-15-11(29-30-32)6(23)1-2-25-15)4-37-43(35,45)41-14(9)19(38-7)31-5-26-12-16(31)27-20(24)28-17(12)33/h1-2,6-7,9-10,13-15,19-20H,3-5H2,(H2,24,26)(H,34,45)(H,35,46)(H3,25,29,30,33);1-2,5-6,8-11,14-15,19-20H,3-4H2,(H2,24,26)(H,34,44)(H,35,45)(H3,25,29,30,33);1-2,5,7-10,13-14,18-19H,3-4H2,(H2,23,25)(H,34,44)(H,35,45)(H3,24,27,28,33)/t9-,10+,13-,14-,15+,19-,20-,22-,43?,44?;8-,9-,10+,11+,14-,15-,19-,20-,42?,43?;7-,8-,9-,10+,13-,14-,18-,19-,42?,43?/m111/s1. The fraction of sp³-hybridized carbons (Fsp3) is 0.492. The first kappa shape index (κ1) is 95.7. The molecule has 0 saturated carbocycles. The summed E-state index contributed by atoms with van der Waals surface area (Å²) in [5.41, 5.74) is 33.4. The molecule has 0 aliphatic carbocycles. The summed E-state index contributed by atoms with van der Waals surface area (Å²) < 4.78 is 196. The molecule has 136 heavy (non-hydrogen) atoms. The fourth-order valence-electron chi connectivity index (χ4n) is 16.5. The van der Waals surface area contributed by atoms with E-state index in [0.717, 1.165) is 26.5 Å². The third-order valence-corrected chi connectivity index (χ3v) is 32.0. The molecule has 56 nitrogen and oxygen atoms in total. The summed E-state index contributed by atoms with van der Waals surface area (Å²) >= 11 is 31.2. The number of aromatic nitrogens is 22. The van der Waals surface area contributed by atoms with Crippen LogP contribution < -0.4 is 51.1 Å². The summed E-state index contributed by atoms with van der Waals surface area (Å²) in [6.45, 7) is -29.7. The summed E-state index contributed by atoms with van der Waals surface area (Å²) in [6.07, 6.45) is -25.4. The fourth-order valence-corrected chi connectivity index (χ4v) is 25.1. The third kappa shape index (κ3) is 17.9. The molecule has 22 heterocycles. The molecule has 10 aliphatic rings. The minimum Gasteiger partial charge on any atom is -0.397 e. The lowest BCUT2D eigenvalue weighted by Gasteiger charge is -2.33. The van der Waals surface area contributed by atoms with Gasteiger partial charge in [-0.2, -0.15) is 19.6 Å². The number of halogens is 5. The van der Waals surface area contributed by atoms with Crippen LogP contribution in [0.15, 0.2) is 82.8 Å². The van der Waals surface area contributed by atoms with Crippen LogP contribution in [0.4, 0.5) is 56.9 Å². The second-order valence-corrected chi connectivity index (χ2v) is 48.0. The van der Waals surface area contributed by atoms with Crippen molar-refractivity contribution in [1.29, 1.82) is 0 Å². The number of nitrogens with one attached hydrogen (secondary N) is 3. The number of alkyl halides is 5. The second-order valence-electron chi connectivity index (χ2n) is 31.2. The molecule has 10 saturated heterocycles. The maximum atomic E-state index is 16.0. The average molecular weight is 2140 g/mol. The predicted octanol–water partition coefficient (Wildman–Crippen LogP) is 0.178. The van der Waals surface area contributed by atoms with E-state index in [9.17, 15) is 43.7 Å². The van der Waals surface area contributed by atoms with Crippen LogP contribution in [0.2, 0.25) is 0 Å². The number of H-pyrrole nitrogens is 3. The molecule has 12 aromatic heterocycles. The molecular weight excluding hydrogens is 2070 g/mol. The number of imidazole rings is 5. The number of aromatic amines is 3. The zero-order valence-electron chi connectivity index (χ0n) is 67.7. The molecule has 6 unspecified atom stereocenters. The van der Waals surface area contributed by atoms with Gasteiger partial charge >= 0.3 is 40.3 Å². The Morgan fingerprint density at radius 2 is 0.684 bits per heavy atom. The van der Waals surface area contributed by atoms with E-state index < -0.39 is 244 Å². The Morgan fingerprint density at radius 3 is 1.10 bits per heavy atom. The predicted molar refractivity (Wildman–Crippen MR) is 472 cm³/mol. The molecule has 10 aliphatic heterocycles. The molecule has 22 rings (SSSR count). The number of anilines is 6. The maximum Gasteiger partial charge on any atom is 0.325 e. The molecule has 0 radical (unpaired) electrons. The van der Waals surface area contributed by atoms with Crippen molar-refractivity contribution in [1.82, 2.24) is 108 Å². The van der Waals surface area contributed by atoms with Gasteiger partial charge in [0.15, 0.2) is 124 Å². The largest absolute Gasteiger partial charge is 0.397 e. The van der Waals surface area contributed by atoms with E-state index in [1.54, 1.807) is 10.6 Å². The van der Waals surface area contributed by atoms with Crippen LogP contribution in [0.25, 0.3) is 67.0 Å². The SMILES string of the molecule is Nc1nc2c(ncn2[C@@H]2O[C@@H]3COP(O)(=S)O[C@H]4[C@H](F)[C@H](n5cnc6c(N)ccnc65)O[C@@H]4COP(O)(=S)O[C@@H]2[C@H]3F)c(=O)[nH]1.Nc1nc2c(ncn2[C@@H]2O[C@@H]3COP(O)(=S)O[C@H]4[C@H](F)[C@H](n5nnc6c(N)ccnc65)O[C@@H]4COP(O)(=S)O[C@@H]2[C@@H]3F)c(=O)[nH]1.Nc1nc2c(ncn2[C@@H]2O[C@@H]3COP(O)(=S)O[C@H]4[C@H]5OC[C@]4(COP(O)(=S)O[C@@H]2[C@H]3F)O[C@H]5n2cnc3c(N)ccnc32)c(=O)[nH]1. The lowest BCUT2D eigenvalue weighted by molar-refractivity contribution is -0.183. The van der Waals surface area contributed by atoms with Gasteiger partial charge in [-0.05, 0) is 89.0 Å². The van der Waals surface area contributed by atoms with Crippen LogP contribution in [-0.2, 0) is 158 Å². The molecule has 30 atom stereocenters. The van der Waals surface area contributed by atoms with Crippen LogP contribution >= 0.6 is 40.3 Å². The average Bonchev–Trinajstić information content (AvgIpc) is 1.55. The van der Waals surface area contributed by atoms with Crippen molar-refractivity contribution in [2.45, 2.75) is 147 Å². The Bertz CT molecular complexity index is 6980. The van der Waals surface area contributed by atoms with Gasteiger partial charge in [-0.15, -0.1) is 5.10 Å². The number of hydrogen-bond donors (Lipinski definition) is 15. The summed E-state index contributed by atoms with van der Waals surface area (Å²) in [7, 11) is 0. The van der Waals surface area contributed by atoms with Crippen molar-refractivity contribution in [2.24, 2.45) is 0 Å². The van der Waals surface area contributed by atoms with E-state index in [-0.39, 0.29) is 80.4 Å². The summed E-state index contributed by atoms with van der Waals surface area (Å²) in [5, 5.41) is 7.82. The minimum atomic E-state index is -4.36. The molecule has 0 spiro atoms. The highest BCUT2D eigenvalue weighted by Gasteiger charge is 2.66. The Labute approximate surface area is 782 Å². The first-order valence-electron chi connectivity index (χ1n) is 39.5. The van der Waals surface area contributed by atoms with Crippen LogP contribution in [0.3, 0.4) is 0 Å². The van der Waals surface area contributed by atoms with E-state index in [1.165, 1.54) is 58.8 Å². The zero-order valence-corrected chi connectivity index (χ0v) is 78.0. The lowest BCUT2D eigenvalue weighted by Crippen LogP contribution is -2.45. The molecular formula is C63H69F5N28O28P6S6. The van der Waals surface area contributed by atoms with Crippen molar-refractivity contribution in [2.75, 3.05) is 80.7 Å². The third-order valence-electron chi connectivity index (χ3n) is 22.6. The Balaban J connectivity index is 0.000000126. The van der Waals surface area contributed by atoms with Gasteiger partial charge in [-0.1, -0.05) is 5.21 Å². The Kier molecular flexibility index (Phi) is 25.3. The van der Waals surface area contributed by atoms with Crippen molar-refractivity contribution in [3.8, 4) is 0 Å². The number of rotatable bonds is 6. The highest BCUT2D eigenvalue weighted by molar-refractivity contribution is 8.08. The number of nitrogen functional groups attached to an aromatic ring is 6. The van der Waals surface area contributed by atoms with E-state index in [2.05, 4.69) is 80.1 Å². The highest BCUT2D eigenvalue weighted by Crippen LogP contribution is 2.62. The molecule has 0 amide bonds. The Morgan fingerprint density at radius 1 is 0.360 bits per heavy atom. The van der Waals surface area contributed by atoms with Gasteiger partial charge in [0.1, 0.15) is 89.9 Å². The summed E-state index contributed by atoms with van der Waals surface area (Å²) in [5.74, 6) is -0.743. The van der Waals surface area contributed by atoms with Gasteiger partial charge in [0.25, 0.3) is 16.7 Å². The Hall–Kier alpha value is -7.81. The topological polar surface area (TPSA) is 749 Å². The summed E-state index contributed by atoms with van der Waals surface area (Å²) in [6, 6.07) is 4.60. The quantitative estimate of drug-likeness (QED) is 0.0780. The van der Waals surface area contributed by atoms with E-state index in [1.807, 2.05) is 0 Å². The molecule has 21 N–H and O–H groups in total. The highest BCUT2D eigenvalue weighted by atomic mass is 32.5. The van der Waals surface area contributed by atoms with Crippen LogP contribution in [0.5, 0.6) is 0 Å². The van der Waals surface area contributed by atoms with Crippen LogP contribution in [0, 0.1) is 0 Å². The maximum absolute atomic E-state index is 16.0. The van der Waals surface area contributed by atoms with Gasteiger partial charge in [-0.3, -0.25) is 79.3 Å². The van der Waals surface area contributed by atoms with Gasteiger partial charge in [0.05, 0.1) is 94.9 Å². The molecule has 73 heteroatoms. The van der Waals surface area contributed by atoms with Gasteiger partial charge in [0.2, 0.25) is 17.8 Å². The molecule has 12 aromatic rings. The number of ether oxygens (including phenoxy) is 7. The first-order chi connectivity index (χ1) is 64.5. The van der Waals surface area contributed by atoms with Crippen LogP contribution in [-0.4, -0.2) is 293 Å². The lowest BCUT2D eigenvalue weighted by atomic mass is 10.0.